The van der Waals surface area contributed by atoms with Crippen LogP contribution in [-0.2, 0) is 6.54 Å². The standard InChI is InChI=1S/C12H12BrNOS2/c1-7-5-9(17-8(7)2)6-14-12(15)11-10(13)3-4-16-11/h3-5H,6H2,1-2H3,(H,14,15). The summed E-state index contributed by atoms with van der Waals surface area (Å²) in [6, 6.07) is 4.02. The molecule has 2 aromatic heterocycles. The molecule has 5 heteroatoms. The minimum atomic E-state index is -0.0180. The average molecular weight is 330 g/mol. The number of amides is 1. The highest BCUT2D eigenvalue weighted by Gasteiger charge is 2.11. The van der Waals surface area contributed by atoms with E-state index < -0.39 is 0 Å². The molecule has 17 heavy (non-hydrogen) atoms. The number of halogens is 1. The molecule has 1 N–H and O–H groups in total. The molecule has 2 rings (SSSR count). The Morgan fingerprint density at radius 3 is 2.76 bits per heavy atom. The van der Waals surface area contributed by atoms with Gasteiger partial charge in [0, 0.05) is 14.2 Å². The van der Waals surface area contributed by atoms with Crippen molar-refractivity contribution in [3.05, 3.63) is 42.2 Å². The van der Waals surface area contributed by atoms with Gasteiger partial charge in [-0.05, 0) is 52.9 Å². The van der Waals surface area contributed by atoms with Crippen molar-refractivity contribution in [3.63, 3.8) is 0 Å². The van der Waals surface area contributed by atoms with Gasteiger partial charge >= 0.3 is 0 Å². The Balaban J connectivity index is 1.99. The molecule has 0 radical (unpaired) electrons. The predicted octanol–water partition coefficient (Wildman–Crippen LogP) is 4.12. The van der Waals surface area contributed by atoms with Crippen LogP contribution in [0, 0.1) is 13.8 Å². The second-order valence-corrected chi connectivity index (χ2v) is 6.84. The maximum atomic E-state index is 11.9. The van der Waals surface area contributed by atoms with E-state index >= 15 is 0 Å². The molecule has 0 fully saturated rings. The minimum Gasteiger partial charge on any atom is -0.346 e. The monoisotopic (exact) mass is 329 g/mol. The molecular formula is C12H12BrNOS2. The lowest BCUT2D eigenvalue weighted by atomic mass is 10.3. The van der Waals surface area contributed by atoms with Crippen LogP contribution < -0.4 is 5.32 Å². The summed E-state index contributed by atoms with van der Waals surface area (Å²) in [6.45, 7) is 4.79. The van der Waals surface area contributed by atoms with E-state index in [0.717, 1.165) is 9.35 Å². The van der Waals surface area contributed by atoms with Gasteiger partial charge in [0.1, 0.15) is 4.88 Å². The van der Waals surface area contributed by atoms with Crippen LogP contribution in [0.2, 0.25) is 0 Å². The summed E-state index contributed by atoms with van der Waals surface area (Å²) in [5.74, 6) is -0.0180. The topological polar surface area (TPSA) is 29.1 Å². The maximum absolute atomic E-state index is 11.9. The summed E-state index contributed by atoms with van der Waals surface area (Å²) in [4.78, 5) is 15.1. The molecule has 0 aromatic carbocycles. The molecular weight excluding hydrogens is 318 g/mol. The summed E-state index contributed by atoms with van der Waals surface area (Å²) in [5.41, 5.74) is 1.29. The Hall–Kier alpha value is -0.650. The zero-order chi connectivity index (χ0) is 12.4. The summed E-state index contributed by atoms with van der Waals surface area (Å²) < 4.78 is 0.860. The molecule has 90 valence electrons. The van der Waals surface area contributed by atoms with Crippen LogP contribution in [0.5, 0.6) is 0 Å². The number of hydrogen-bond donors (Lipinski definition) is 1. The number of hydrogen-bond acceptors (Lipinski definition) is 3. The van der Waals surface area contributed by atoms with E-state index in [1.54, 1.807) is 11.3 Å². The Kier molecular flexibility index (Phi) is 4.01. The van der Waals surface area contributed by atoms with Crippen molar-refractivity contribution >= 4 is 44.5 Å². The number of thiophene rings is 2. The van der Waals surface area contributed by atoms with Gasteiger partial charge in [0.25, 0.3) is 5.91 Å². The van der Waals surface area contributed by atoms with Gasteiger partial charge in [-0.15, -0.1) is 22.7 Å². The second kappa shape index (κ2) is 5.33. The molecule has 0 aliphatic heterocycles. The van der Waals surface area contributed by atoms with Crippen LogP contribution in [0.3, 0.4) is 0 Å². The van der Waals surface area contributed by atoms with Gasteiger partial charge in [0.05, 0.1) is 6.54 Å². The third-order valence-corrected chi connectivity index (χ3v) is 5.45. The van der Waals surface area contributed by atoms with Crippen LogP contribution in [0.1, 0.15) is 25.0 Å². The second-order valence-electron chi connectivity index (χ2n) is 3.73. The molecule has 0 saturated heterocycles. The molecule has 2 nitrogen and oxygen atoms in total. The smallest absolute Gasteiger partial charge is 0.262 e. The first-order valence-electron chi connectivity index (χ1n) is 5.15. The number of carbonyl (C=O) groups excluding carboxylic acids is 1. The summed E-state index contributed by atoms with van der Waals surface area (Å²) in [6.07, 6.45) is 0. The first-order valence-corrected chi connectivity index (χ1v) is 7.64. The van der Waals surface area contributed by atoms with Crippen molar-refractivity contribution in [2.75, 3.05) is 0 Å². The van der Waals surface area contributed by atoms with Gasteiger partial charge in [0.15, 0.2) is 0 Å². The highest BCUT2D eigenvalue weighted by molar-refractivity contribution is 9.10. The molecule has 1 amide bonds. The fourth-order valence-electron chi connectivity index (χ4n) is 1.44. The third-order valence-electron chi connectivity index (χ3n) is 2.46. The van der Waals surface area contributed by atoms with Crippen molar-refractivity contribution in [2.45, 2.75) is 20.4 Å². The van der Waals surface area contributed by atoms with E-state index in [2.05, 4.69) is 41.2 Å². The predicted molar refractivity (Wildman–Crippen MR) is 77.0 cm³/mol. The molecule has 0 saturated carbocycles. The van der Waals surface area contributed by atoms with Crippen LogP contribution in [0.25, 0.3) is 0 Å². The van der Waals surface area contributed by atoms with Gasteiger partial charge in [-0.1, -0.05) is 0 Å². The van der Waals surface area contributed by atoms with Crippen LogP contribution in [-0.4, -0.2) is 5.91 Å². The van der Waals surface area contributed by atoms with E-state index in [4.69, 9.17) is 0 Å². The lowest BCUT2D eigenvalue weighted by molar-refractivity contribution is 0.0954. The Morgan fingerprint density at radius 1 is 1.47 bits per heavy atom. The normalized spacial score (nSPS) is 10.5. The van der Waals surface area contributed by atoms with E-state index in [1.807, 2.05) is 11.4 Å². The minimum absolute atomic E-state index is 0.0180. The largest absolute Gasteiger partial charge is 0.346 e. The lowest BCUT2D eigenvalue weighted by Gasteiger charge is -2.01. The van der Waals surface area contributed by atoms with Crippen molar-refractivity contribution in [1.29, 1.82) is 0 Å². The average Bonchev–Trinajstić information content (AvgIpc) is 2.83. The molecule has 0 bridgehead atoms. The Labute approximate surface area is 117 Å². The quantitative estimate of drug-likeness (QED) is 0.901. The van der Waals surface area contributed by atoms with E-state index in [9.17, 15) is 4.79 Å². The third kappa shape index (κ3) is 2.97. The molecule has 0 atom stereocenters. The zero-order valence-corrected chi connectivity index (χ0v) is 12.8. The maximum Gasteiger partial charge on any atom is 0.262 e. The van der Waals surface area contributed by atoms with Crippen LogP contribution in [0.4, 0.5) is 0 Å². The van der Waals surface area contributed by atoms with Gasteiger partial charge in [-0.3, -0.25) is 4.79 Å². The fourth-order valence-corrected chi connectivity index (χ4v) is 3.90. The van der Waals surface area contributed by atoms with Crippen LogP contribution in [0.15, 0.2) is 22.0 Å². The summed E-state index contributed by atoms with van der Waals surface area (Å²) >= 11 is 6.54. The van der Waals surface area contributed by atoms with E-state index in [1.165, 1.54) is 26.7 Å². The van der Waals surface area contributed by atoms with Crippen molar-refractivity contribution in [3.8, 4) is 0 Å². The van der Waals surface area contributed by atoms with Crippen molar-refractivity contribution < 1.29 is 4.79 Å². The Bertz CT molecular complexity index is 525. The van der Waals surface area contributed by atoms with Gasteiger partial charge in [0.2, 0.25) is 0 Å². The molecule has 2 aromatic rings. The lowest BCUT2D eigenvalue weighted by Crippen LogP contribution is -2.21. The summed E-state index contributed by atoms with van der Waals surface area (Å²) in [5, 5.41) is 4.84. The molecule has 0 spiro atoms. The molecule has 0 aliphatic carbocycles. The number of carbonyl (C=O) groups is 1. The Morgan fingerprint density at radius 2 is 2.24 bits per heavy atom. The molecule has 2 heterocycles. The fraction of sp³-hybridized carbons (Fsp3) is 0.250. The van der Waals surface area contributed by atoms with Crippen molar-refractivity contribution in [2.24, 2.45) is 0 Å². The molecule has 0 aliphatic rings. The highest BCUT2D eigenvalue weighted by atomic mass is 79.9. The van der Waals surface area contributed by atoms with Gasteiger partial charge in [-0.25, -0.2) is 0 Å². The van der Waals surface area contributed by atoms with E-state index in [-0.39, 0.29) is 5.91 Å². The first kappa shape index (κ1) is 12.8. The first-order chi connectivity index (χ1) is 8.08. The van der Waals surface area contributed by atoms with Crippen LogP contribution >= 0.6 is 38.6 Å². The number of rotatable bonds is 3. The highest BCUT2D eigenvalue weighted by Crippen LogP contribution is 2.23. The van der Waals surface area contributed by atoms with Gasteiger partial charge in [-0.2, -0.15) is 0 Å². The van der Waals surface area contributed by atoms with Gasteiger partial charge < -0.3 is 5.32 Å². The van der Waals surface area contributed by atoms with E-state index in [0.29, 0.717) is 6.54 Å². The summed E-state index contributed by atoms with van der Waals surface area (Å²) in [7, 11) is 0. The van der Waals surface area contributed by atoms with Crippen molar-refractivity contribution in [1.82, 2.24) is 5.32 Å². The number of aryl methyl sites for hydroxylation is 2. The molecule has 0 unspecified atom stereocenters. The zero-order valence-electron chi connectivity index (χ0n) is 9.54. The SMILES string of the molecule is Cc1cc(CNC(=O)c2sccc2Br)sc1C. The number of nitrogens with one attached hydrogen (secondary N) is 1.